The van der Waals surface area contributed by atoms with Crippen LogP contribution in [0.4, 0.5) is 19.7 Å². The average Bonchev–Trinajstić information content (AvgIpc) is 2.88. The van der Waals surface area contributed by atoms with Crippen molar-refractivity contribution in [1.82, 2.24) is 20.4 Å². The number of carbonyl (C=O) groups excluding carboxylic acids is 3. The molecule has 0 bridgehead atoms. The number of hydrogen-bond donors (Lipinski definition) is 4. The van der Waals surface area contributed by atoms with Gasteiger partial charge in [-0.05, 0) is 51.7 Å². The van der Waals surface area contributed by atoms with Gasteiger partial charge in [0.25, 0.3) is 0 Å². The molecule has 208 valence electrons. The maximum atomic E-state index is 14.8. The summed E-state index contributed by atoms with van der Waals surface area (Å²) in [6.07, 6.45) is 4.26. The van der Waals surface area contributed by atoms with E-state index in [1.54, 1.807) is 35.8 Å². The van der Waals surface area contributed by atoms with E-state index in [9.17, 15) is 18.8 Å². The number of nitrogens with one attached hydrogen (secondary N) is 2. The summed E-state index contributed by atoms with van der Waals surface area (Å²) in [6.45, 7) is 5.43. The number of nitrogens with zero attached hydrogens (tertiary/aromatic N) is 4. The summed E-state index contributed by atoms with van der Waals surface area (Å²) in [5.74, 6) is -0.266. The van der Waals surface area contributed by atoms with E-state index in [1.165, 1.54) is 11.0 Å². The van der Waals surface area contributed by atoms with Crippen LogP contribution < -0.4 is 27.0 Å². The van der Waals surface area contributed by atoms with Gasteiger partial charge in [0.1, 0.15) is 11.7 Å². The lowest BCUT2D eigenvalue weighted by Gasteiger charge is -2.37. The molecule has 2 heterocycles. The van der Waals surface area contributed by atoms with Gasteiger partial charge in [0, 0.05) is 69.0 Å². The SMILES string of the molecule is CC(C)(N)C(=O)N1CCN(C(=O)/N=C2\CCN(c3ccc(CNC4CCC(N)CC4)c(F)c3)C(=O)N2)CC1. The van der Waals surface area contributed by atoms with Gasteiger partial charge in [-0.15, -0.1) is 0 Å². The first-order valence-electron chi connectivity index (χ1n) is 13.3. The topological polar surface area (TPSA) is 149 Å². The van der Waals surface area contributed by atoms with Gasteiger partial charge in [0.15, 0.2) is 0 Å². The van der Waals surface area contributed by atoms with Crippen LogP contribution in [-0.4, -0.2) is 84.0 Å². The highest BCUT2D eigenvalue weighted by atomic mass is 19.1. The minimum atomic E-state index is -0.963. The molecule has 2 aliphatic heterocycles. The van der Waals surface area contributed by atoms with Crippen LogP contribution in [0.1, 0.15) is 51.5 Å². The van der Waals surface area contributed by atoms with E-state index >= 15 is 0 Å². The summed E-state index contributed by atoms with van der Waals surface area (Å²) >= 11 is 0. The fourth-order valence-corrected chi connectivity index (χ4v) is 5.02. The van der Waals surface area contributed by atoms with E-state index in [0.29, 0.717) is 56.4 Å². The van der Waals surface area contributed by atoms with Gasteiger partial charge in [0.2, 0.25) is 5.91 Å². The molecule has 1 saturated carbocycles. The predicted molar refractivity (Wildman–Crippen MR) is 143 cm³/mol. The number of piperazine rings is 1. The first-order chi connectivity index (χ1) is 18.0. The lowest BCUT2D eigenvalue weighted by Crippen LogP contribution is -2.57. The average molecular weight is 531 g/mol. The van der Waals surface area contributed by atoms with E-state index in [2.05, 4.69) is 15.6 Å². The number of urea groups is 2. The molecule has 38 heavy (non-hydrogen) atoms. The zero-order valence-corrected chi connectivity index (χ0v) is 22.2. The molecule has 5 amide bonds. The second kappa shape index (κ2) is 11.7. The molecule has 12 heteroatoms. The van der Waals surface area contributed by atoms with Crippen LogP contribution >= 0.6 is 0 Å². The monoisotopic (exact) mass is 530 g/mol. The number of benzene rings is 1. The number of nitrogens with two attached hydrogens (primary N) is 2. The van der Waals surface area contributed by atoms with Crippen molar-refractivity contribution in [2.45, 2.75) is 70.1 Å². The molecule has 0 spiro atoms. The number of anilines is 1. The Morgan fingerprint density at radius 1 is 1.11 bits per heavy atom. The Balaban J connectivity index is 1.28. The molecule has 0 unspecified atom stereocenters. The minimum Gasteiger partial charge on any atom is -0.338 e. The molecule has 0 atom stereocenters. The van der Waals surface area contributed by atoms with Crippen LogP contribution in [0.2, 0.25) is 0 Å². The van der Waals surface area contributed by atoms with Crippen molar-refractivity contribution in [2.75, 3.05) is 37.6 Å². The van der Waals surface area contributed by atoms with Crippen LogP contribution in [0.25, 0.3) is 0 Å². The molecule has 3 aliphatic rings. The van der Waals surface area contributed by atoms with E-state index in [-0.39, 0.29) is 30.1 Å². The van der Waals surface area contributed by atoms with E-state index < -0.39 is 17.6 Å². The lowest BCUT2D eigenvalue weighted by atomic mass is 9.92. The van der Waals surface area contributed by atoms with Crippen molar-refractivity contribution < 1.29 is 18.8 Å². The molecule has 2 saturated heterocycles. The lowest BCUT2D eigenvalue weighted by molar-refractivity contribution is -0.137. The number of carbonyl (C=O) groups is 3. The van der Waals surface area contributed by atoms with Gasteiger partial charge >= 0.3 is 12.1 Å². The van der Waals surface area contributed by atoms with Gasteiger partial charge in [0.05, 0.1) is 5.54 Å². The van der Waals surface area contributed by atoms with E-state index in [1.807, 2.05) is 0 Å². The second-order valence-corrected chi connectivity index (χ2v) is 10.9. The summed E-state index contributed by atoms with van der Waals surface area (Å²) in [5.41, 5.74) is 11.9. The van der Waals surface area contributed by atoms with Crippen LogP contribution in [0, 0.1) is 5.82 Å². The highest BCUT2D eigenvalue weighted by Gasteiger charge is 2.32. The van der Waals surface area contributed by atoms with Crippen molar-refractivity contribution in [3.8, 4) is 0 Å². The molecule has 0 aromatic heterocycles. The smallest absolute Gasteiger partial charge is 0.338 e. The number of aliphatic imine (C=N–C) groups is 1. The van der Waals surface area contributed by atoms with Crippen LogP contribution in [-0.2, 0) is 11.3 Å². The number of amidine groups is 1. The first kappa shape index (κ1) is 27.9. The zero-order chi connectivity index (χ0) is 27.4. The van der Waals surface area contributed by atoms with Crippen molar-refractivity contribution in [2.24, 2.45) is 16.5 Å². The summed E-state index contributed by atoms with van der Waals surface area (Å²) in [7, 11) is 0. The molecule has 1 aliphatic carbocycles. The summed E-state index contributed by atoms with van der Waals surface area (Å²) in [4.78, 5) is 46.4. The number of rotatable bonds is 5. The summed E-state index contributed by atoms with van der Waals surface area (Å²) < 4.78 is 14.8. The Morgan fingerprint density at radius 2 is 1.76 bits per heavy atom. The Hall–Kier alpha value is -3.09. The number of halogens is 1. The third kappa shape index (κ3) is 6.86. The Kier molecular flexibility index (Phi) is 8.64. The van der Waals surface area contributed by atoms with Gasteiger partial charge in [-0.25, -0.2) is 14.0 Å². The summed E-state index contributed by atoms with van der Waals surface area (Å²) in [5, 5.41) is 6.06. The highest BCUT2D eigenvalue weighted by molar-refractivity contribution is 6.10. The Bertz CT molecular complexity index is 1070. The van der Waals surface area contributed by atoms with Crippen molar-refractivity contribution in [3.05, 3.63) is 29.6 Å². The zero-order valence-electron chi connectivity index (χ0n) is 22.2. The third-order valence-corrected chi connectivity index (χ3v) is 7.39. The molecule has 6 N–H and O–H groups in total. The quantitative estimate of drug-likeness (QED) is 0.453. The molecule has 1 aromatic carbocycles. The molecular weight excluding hydrogens is 491 g/mol. The van der Waals surface area contributed by atoms with Crippen molar-refractivity contribution >= 4 is 29.5 Å². The maximum absolute atomic E-state index is 14.8. The molecule has 3 fully saturated rings. The Labute approximate surface area is 222 Å². The van der Waals surface area contributed by atoms with Crippen molar-refractivity contribution in [3.63, 3.8) is 0 Å². The van der Waals surface area contributed by atoms with Crippen LogP contribution in [0.15, 0.2) is 23.2 Å². The first-order valence-corrected chi connectivity index (χ1v) is 13.3. The minimum absolute atomic E-state index is 0.161. The number of amides is 5. The fourth-order valence-electron chi connectivity index (χ4n) is 5.02. The standard InChI is InChI=1S/C26H39FN8O3/c1-26(2,29)23(36)33-11-13-34(14-12-33)24(37)31-22-9-10-35(25(38)32-22)20-8-3-17(21(27)15-20)16-30-19-6-4-18(28)5-7-19/h3,8,15,18-19,30H,4-7,9-14,16,28-29H2,1-2H3,(H,31,32,37,38). The second-order valence-electron chi connectivity index (χ2n) is 10.9. The van der Waals surface area contributed by atoms with E-state index in [0.717, 1.165) is 25.7 Å². The molecular formula is C26H39FN8O3. The predicted octanol–water partition coefficient (Wildman–Crippen LogP) is 1.50. The van der Waals surface area contributed by atoms with E-state index in [4.69, 9.17) is 11.5 Å². The third-order valence-electron chi connectivity index (χ3n) is 7.39. The van der Waals surface area contributed by atoms with Gasteiger partial charge in [-0.2, -0.15) is 4.99 Å². The highest BCUT2D eigenvalue weighted by Crippen LogP contribution is 2.22. The Morgan fingerprint density at radius 3 is 2.37 bits per heavy atom. The fraction of sp³-hybridized carbons (Fsp3) is 0.615. The van der Waals surface area contributed by atoms with Crippen LogP contribution in [0.5, 0.6) is 0 Å². The van der Waals surface area contributed by atoms with Crippen molar-refractivity contribution in [1.29, 1.82) is 0 Å². The molecule has 11 nitrogen and oxygen atoms in total. The van der Waals surface area contributed by atoms with Crippen LogP contribution in [0.3, 0.4) is 0 Å². The summed E-state index contributed by atoms with van der Waals surface area (Å²) in [6, 6.07) is 4.47. The van der Waals surface area contributed by atoms with Gasteiger partial charge in [-0.1, -0.05) is 6.07 Å². The molecule has 4 rings (SSSR count). The molecule has 1 aromatic rings. The van der Waals surface area contributed by atoms with Gasteiger partial charge in [-0.3, -0.25) is 15.0 Å². The molecule has 0 radical (unpaired) electrons. The van der Waals surface area contributed by atoms with Gasteiger partial charge < -0.3 is 26.6 Å². The largest absolute Gasteiger partial charge is 0.345 e. The number of hydrogen-bond acceptors (Lipinski definition) is 6. The maximum Gasteiger partial charge on any atom is 0.345 e. The normalized spacial score (nSPS) is 24.0.